The molecular formula is C26H26N2O5. The molecule has 7 nitrogen and oxygen atoms in total. The number of benzene rings is 3. The van der Waals surface area contributed by atoms with Crippen molar-refractivity contribution in [3.8, 4) is 17.2 Å². The number of hydrogen-bond donors (Lipinski definition) is 2. The number of amides is 1. The van der Waals surface area contributed by atoms with Crippen LogP contribution in [0.5, 0.6) is 17.2 Å². The first-order valence-corrected chi connectivity index (χ1v) is 11.0. The molecule has 0 bridgehead atoms. The molecule has 0 atom stereocenters. The lowest BCUT2D eigenvalue weighted by Gasteiger charge is -2.15. The highest BCUT2D eigenvalue weighted by atomic mass is 16.5. The Hall–Kier alpha value is -3.84. The van der Waals surface area contributed by atoms with E-state index in [-0.39, 0.29) is 11.3 Å². The van der Waals surface area contributed by atoms with Crippen molar-refractivity contribution in [3.05, 3.63) is 83.9 Å². The van der Waals surface area contributed by atoms with Gasteiger partial charge in [0.2, 0.25) is 0 Å². The predicted octanol–water partition coefficient (Wildman–Crippen LogP) is 4.90. The number of nitrogens with zero attached hydrogens (tertiary/aromatic N) is 1. The maximum Gasteiger partial charge on any atom is 0.337 e. The molecule has 1 aliphatic rings. The van der Waals surface area contributed by atoms with Gasteiger partial charge in [0.1, 0.15) is 23.9 Å². The molecule has 4 rings (SSSR count). The molecule has 2 N–H and O–H groups in total. The van der Waals surface area contributed by atoms with Gasteiger partial charge in [-0.3, -0.25) is 9.69 Å². The van der Waals surface area contributed by atoms with Crippen LogP contribution in [0.15, 0.2) is 72.8 Å². The number of para-hydroxylation sites is 1. The maximum atomic E-state index is 12.5. The lowest BCUT2D eigenvalue weighted by atomic mass is 10.1. The fourth-order valence-corrected chi connectivity index (χ4v) is 3.69. The second kappa shape index (κ2) is 10.7. The molecule has 3 aromatic carbocycles. The van der Waals surface area contributed by atoms with Crippen molar-refractivity contribution in [1.82, 2.24) is 4.90 Å². The van der Waals surface area contributed by atoms with Gasteiger partial charge in [-0.1, -0.05) is 12.1 Å². The first-order valence-electron chi connectivity index (χ1n) is 11.0. The Morgan fingerprint density at radius 1 is 0.848 bits per heavy atom. The highest BCUT2D eigenvalue weighted by Crippen LogP contribution is 2.25. The van der Waals surface area contributed by atoms with E-state index < -0.39 is 11.9 Å². The van der Waals surface area contributed by atoms with Gasteiger partial charge in [-0.25, -0.2) is 4.79 Å². The van der Waals surface area contributed by atoms with Crippen LogP contribution in [0.25, 0.3) is 0 Å². The third kappa shape index (κ3) is 6.11. The number of carbonyl (C=O) groups is 2. The molecule has 0 aromatic heterocycles. The van der Waals surface area contributed by atoms with Crippen LogP contribution in [-0.4, -0.2) is 48.1 Å². The predicted molar refractivity (Wildman–Crippen MR) is 125 cm³/mol. The minimum absolute atomic E-state index is 0.0364. The summed E-state index contributed by atoms with van der Waals surface area (Å²) in [6, 6.07) is 20.4. The summed E-state index contributed by atoms with van der Waals surface area (Å²) < 4.78 is 11.7. The fraction of sp³-hybridized carbons (Fsp3) is 0.231. The smallest absolute Gasteiger partial charge is 0.337 e. The summed E-state index contributed by atoms with van der Waals surface area (Å²) in [5, 5.41) is 11.9. The Kier molecular flexibility index (Phi) is 7.22. The molecule has 1 amide bonds. The lowest BCUT2D eigenvalue weighted by molar-refractivity contribution is 0.0698. The third-order valence-electron chi connectivity index (χ3n) is 5.46. The van der Waals surface area contributed by atoms with Gasteiger partial charge in [0.15, 0.2) is 0 Å². The summed E-state index contributed by atoms with van der Waals surface area (Å²) in [7, 11) is 0. The third-order valence-corrected chi connectivity index (χ3v) is 5.46. The van der Waals surface area contributed by atoms with Crippen molar-refractivity contribution in [3.63, 3.8) is 0 Å². The van der Waals surface area contributed by atoms with Gasteiger partial charge in [0.05, 0.1) is 11.3 Å². The Balaban J connectivity index is 1.30. The second-order valence-electron chi connectivity index (χ2n) is 7.80. The van der Waals surface area contributed by atoms with Crippen molar-refractivity contribution in [2.45, 2.75) is 12.8 Å². The van der Waals surface area contributed by atoms with Crippen LogP contribution in [0, 0.1) is 0 Å². The summed E-state index contributed by atoms with van der Waals surface area (Å²) in [6.07, 6.45) is 2.55. The fourth-order valence-electron chi connectivity index (χ4n) is 3.69. The molecule has 1 fully saturated rings. The Bertz CT molecular complexity index is 1090. The maximum absolute atomic E-state index is 12.5. The van der Waals surface area contributed by atoms with E-state index in [1.165, 1.54) is 18.9 Å². The van der Waals surface area contributed by atoms with E-state index in [1.807, 2.05) is 24.3 Å². The SMILES string of the molecule is O=C(Nc1ccccc1C(=O)O)c1ccc(Oc2ccc(OCCN3CCCC3)cc2)cc1. The van der Waals surface area contributed by atoms with Gasteiger partial charge in [0, 0.05) is 12.1 Å². The van der Waals surface area contributed by atoms with E-state index >= 15 is 0 Å². The zero-order valence-corrected chi connectivity index (χ0v) is 18.2. The summed E-state index contributed by atoms with van der Waals surface area (Å²) >= 11 is 0. The van der Waals surface area contributed by atoms with Gasteiger partial charge in [0.25, 0.3) is 5.91 Å². The second-order valence-corrected chi connectivity index (χ2v) is 7.80. The lowest BCUT2D eigenvalue weighted by Crippen LogP contribution is -2.25. The van der Waals surface area contributed by atoms with Crippen LogP contribution >= 0.6 is 0 Å². The minimum Gasteiger partial charge on any atom is -0.492 e. The molecule has 3 aromatic rings. The van der Waals surface area contributed by atoms with E-state index in [4.69, 9.17) is 9.47 Å². The highest BCUT2D eigenvalue weighted by molar-refractivity contribution is 6.07. The standard InChI is InChI=1S/C26H26N2O5/c29-25(27-24-6-2-1-5-23(24)26(30)31)19-7-9-21(10-8-19)33-22-13-11-20(12-14-22)32-18-17-28-15-3-4-16-28/h1-2,5-14H,3-4,15-18H2,(H,27,29)(H,30,31). The zero-order chi connectivity index (χ0) is 23.0. The summed E-state index contributed by atoms with van der Waals surface area (Å²) in [5.41, 5.74) is 0.677. The van der Waals surface area contributed by atoms with E-state index in [2.05, 4.69) is 10.2 Å². The summed E-state index contributed by atoms with van der Waals surface area (Å²) in [4.78, 5) is 26.2. The zero-order valence-electron chi connectivity index (χ0n) is 18.2. The van der Waals surface area contributed by atoms with E-state index in [1.54, 1.807) is 42.5 Å². The van der Waals surface area contributed by atoms with Crippen molar-refractivity contribution in [1.29, 1.82) is 0 Å². The number of aromatic carboxylic acids is 1. The number of ether oxygens (including phenoxy) is 2. The number of rotatable bonds is 9. The Morgan fingerprint density at radius 3 is 2.12 bits per heavy atom. The van der Waals surface area contributed by atoms with Crippen molar-refractivity contribution < 1.29 is 24.2 Å². The average Bonchev–Trinajstić information content (AvgIpc) is 3.34. The molecule has 0 radical (unpaired) electrons. The first-order chi connectivity index (χ1) is 16.1. The van der Waals surface area contributed by atoms with Crippen molar-refractivity contribution in [2.24, 2.45) is 0 Å². The van der Waals surface area contributed by atoms with Crippen LogP contribution in [-0.2, 0) is 0 Å². The summed E-state index contributed by atoms with van der Waals surface area (Å²) in [5.74, 6) is 0.549. The van der Waals surface area contributed by atoms with E-state index in [0.29, 0.717) is 23.7 Å². The van der Waals surface area contributed by atoms with Gasteiger partial charge in [-0.05, 0) is 86.6 Å². The molecule has 7 heteroatoms. The van der Waals surface area contributed by atoms with Gasteiger partial charge >= 0.3 is 5.97 Å². The number of carbonyl (C=O) groups excluding carboxylic acids is 1. The van der Waals surface area contributed by atoms with E-state index in [0.717, 1.165) is 25.4 Å². The number of carboxylic acids is 1. The molecule has 33 heavy (non-hydrogen) atoms. The normalized spacial score (nSPS) is 13.5. The van der Waals surface area contributed by atoms with Crippen LogP contribution in [0.1, 0.15) is 33.6 Å². The molecule has 1 aliphatic heterocycles. The first kappa shape index (κ1) is 22.4. The molecule has 1 heterocycles. The molecule has 170 valence electrons. The van der Waals surface area contributed by atoms with Crippen molar-refractivity contribution in [2.75, 3.05) is 31.6 Å². The van der Waals surface area contributed by atoms with Crippen LogP contribution < -0.4 is 14.8 Å². The minimum atomic E-state index is -1.10. The topological polar surface area (TPSA) is 88.1 Å². The Labute approximate surface area is 192 Å². The van der Waals surface area contributed by atoms with Gasteiger partial charge in [-0.15, -0.1) is 0 Å². The molecule has 0 saturated carbocycles. The number of nitrogens with one attached hydrogen (secondary N) is 1. The van der Waals surface area contributed by atoms with Crippen molar-refractivity contribution >= 4 is 17.6 Å². The Morgan fingerprint density at radius 2 is 1.45 bits per heavy atom. The molecule has 0 spiro atoms. The number of anilines is 1. The molecule has 1 saturated heterocycles. The monoisotopic (exact) mass is 446 g/mol. The molecular weight excluding hydrogens is 420 g/mol. The quantitative estimate of drug-likeness (QED) is 0.486. The van der Waals surface area contributed by atoms with Crippen LogP contribution in [0.4, 0.5) is 5.69 Å². The molecule has 0 unspecified atom stereocenters. The highest BCUT2D eigenvalue weighted by Gasteiger charge is 2.13. The number of carboxylic acid groups (broad SMARTS) is 1. The number of likely N-dealkylation sites (tertiary alicyclic amines) is 1. The number of hydrogen-bond acceptors (Lipinski definition) is 5. The average molecular weight is 447 g/mol. The van der Waals surface area contributed by atoms with Crippen LogP contribution in [0.2, 0.25) is 0 Å². The van der Waals surface area contributed by atoms with Crippen LogP contribution in [0.3, 0.4) is 0 Å². The van der Waals surface area contributed by atoms with E-state index in [9.17, 15) is 14.7 Å². The van der Waals surface area contributed by atoms with Gasteiger partial charge < -0.3 is 19.9 Å². The molecule has 0 aliphatic carbocycles. The summed E-state index contributed by atoms with van der Waals surface area (Å²) in [6.45, 7) is 3.93. The van der Waals surface area contributed by atoms with Gasteiger partial charge in [-0.2, -0.15) is 0 Å². The largest absolute Gasteiger partial charge is 0.492 e.